The molecule has 5 heteroatoms. The number of aryl methyl sites for hydroxylation is 1. The number of hydrogen-bond donors (Lipinski definition) is 1. The Bertz CT molecular complexity index is 679. The van der Waals surface area contributed by atoms with Crippen LogP contribution in [0.2, 0.25) is 5.02 Å². The molecule has 1 heterocycles. The molecule has 0 bridgehead atoms. The van der Waals surface area contributed by atoms with E-state index in [-0.39, 0.29) is 17.6 Å². The zero-order valence-electron chi connectivity index (χ0n) is 11.1. The van der Waals surface area contributed by atoms with Crippen molar-refractivity contribution in [2.75, 3.05) is 5.32 Å². The maximum absolute atomic E-state index is 13.5. The fraction of sp³-hybridized carbons (Fsp3) is 0.200. The highest BCUT2D eigenvalue weighted by Crippen LogP contribution is 2.22. The molecule has 1 atom stereocenters. The lowest BCUT2D eigenvalue weighted by Gasteiger charge is -2.15. The number of nitrogens with zero attached hydrogens (tertiary/aromatic N) is 2. The Hall–Kier alpha value is -2.12. The Morgan fingerprint density at radius 2 is 2.10 bits per heavy atom. The van der Waals surface area contributed by atoms with Gasteiger partial charge in [-0.2, -0.15) is 5.26 Å². The lowest BCUT2D eigenvalue weighted by Crippen LogP contribution is -2.09. The van der Waals surface area contributed by atoms with Crippen LogP contribution in [0.3, 0.4) is 0 Å². The van der Waals surface area contributed by atoms with E-state index < -0.39 is 0 Å². The van der Waals surface area contributed by atoms with Crippen molar-refractivity contribution in [3.05, 3.63) is 58.0 Å². The van der Waals surface area contributed by atoms with Crippen LogP contribution in [0.4, 0.5) is 10.2 Å². The molecule has 0 spiro atoms. The van der Waals surface area contributed by atoms with Crippen molar-refractivity contribution < 1.29 is 4.39 Å². The third-order valence-corrected chi connectivity index (χ3v) is 3.32. The zero-order chi connectivity index (χ0) is 14.7. The maximum Gasteiger partial charge on any atom is 0.161 e. The second kappa shape index (κ2) is 5.89. The Balaban J connectivity index is 2.21. The minimum atomic E-state index is -0.238. The molecular formula is C15H13ClFN3. The molecule has 0 aliphatic rings. The van der Waals surface area contributed by atoms with Gasteiger partial charge in [-0.1, -0.05) is 23.7 Å². The van der Waals surface area contributed by atoms with Gasteiger partial charge in [-0.15, -0.1) is 0 Å². The lowest BCUT2D eigenvalue weighted by molar-refractivity contribution is 0.614. The highest BCUT2D eigenvalue weighted by molar-refractivity contribution is 6.31. The molecule has 1 aromatic carbocycles. The number of anilines is 1. The number of hydrogen-bond acceptors (Lipinski definition) is 3. The highest BCUT2D eigenvalue weighted by atomic mass is 35.5. The van der Waals surface area contributed by atoms with Crippen molar-refractivity contribution in [2.45, 2.75) is 19.9 Å². The van der Waals surface area contributed by atoms with E-state index in [0.717, 1.165) is 5.56 Å². The van der Waals surface area contributed by atoms with Crippen LogP contribution < -0.4 is 5.32 Å². The number of nitrogens with one attached hydrogen (secondary N) is 1. The van der Waals surface area contributed by atoms with E-state index in [4.69, 9.17) is 16.9 Å². The molecule has 0 fully saturated rings. The van der Waals surface area contributed by atoms with E-state index >= 15 is 0 Å². The lowest BCUT2D eigenvalue weighted by atomic mass is 10.1. The third kappa shape index (κ3) is 3.06. The highest BCUT2D eigenvalue weighted by Gasteiger charge is 2.10. The van der Waals surface area contributed by atoms with Crippen LogP contribution in [0.25, 0.3) is 0 Å². The molecule has 0 aliphatic heterocycles. The Morgan fingerprint density at radius 1 is 1.35 bits per heavy atom. The summed E-state index contributed by atoms with van der Waals surface area (Å²) in [5.74, 6) is 0.289. The van der Waals surface area contributed by atoms with Crippen LogP contribution in [0.15, 0.2) is 30.3 Å². The van der Waals surface area contributed by atoms with E-state index in [1.54, 1.807) is 25.1 Å². The fourth-order valence-corrected chi connectivity index (χ4v) is 1.93. The summed E-state index contributed by atoms with van der Waals surface area (Å²) in [5, 5.41) is 12.3. The van der Waals surface area contributed by atoms with Gasteiger partial charge in [0.25, 0.3) is 0 Å². The summed E-state index contributed by atoms with van der Waals surface area (Å²) in [6.07, 6.45) is 0. The SMILES string of the molecule is Cc1ccc(C(C)Nc2ccc(Cl)c(C#N)n2)cc1F. The van der Waals surface area contributed by atoms with E-state index in [1.165, 1.54) is 6.07 Å². The van der Waals surface area contributed by atoms with Gasteiger partial charge in [0.1, 0.15) is 17.7 Å². The van der Waals surface area contributed by atoms with Crippen LogP contribution in [0.1, 0.15) is 29.8 Å². The quantitative estimate of drug-likeness (QED) is 0.920. The summed E-state index contributed by atoms with van der Waals surface area (Å²) in [5.41, 5.74) is 1.58. The van der Waals surface area contributed by atoms with Gasteiger partial charge in [0.2, 0.25) is 0 Å². The summed E-state index contributed by atoms with van der Waals surface area (Å²) in [4.78, 5) is 4.10. The first-order valence-electron chi connectivity index (χ1n) is 6.10. The minimum absolute atomic E-state index is 0.134. The molecule has 0 radical (unpaired) electrons. The predicted octanol–water partition coefficient (Wildman–Crippen LogP) is 4.23. The fourth-order valence-electron chi connectivity index (χ4n) is 1.78. The number of nitriles is 1. The molecule has 102 valence electrons. The predicted molar refractivity (Wildman–Crippen MR) is 77.1 cm³/mol. The first-order chi connectivity index (χ1) is 9.51. The van der Waals surface area contributed by atoms with Gasteiger partial charge < -0.3 is 5.32 Å². The smallest absolute Gasteiger partial charge is 0.161 e. The van der Waals surface area contributed by atoms with Crippen molar-refractivity contribution >= 4 is 17.4 Å². The Morgan fingerprint density at radius 3 is 2.75 bits per heavy atom. The molecule has 20 heavy (non-hydrogen) atoms. The van der Waals surface area contributed by atoms with Gasteiger partial charge in [0, 0.05) is 0 Å². The number of benzene rings is 1. The normalized spacial score (nSPS) is 11.8. The summed E-state index contributed by atoms with van der Waals surface area (Å²) in [7, 11) is 0. The van der Waals surface area contributed by atoms with Gasteiger partial charge in [0.05, 0.1) is 11.1 Å². The van der Waals surface area contributed by atoms with E-state index in [9.17, 15) is 4.39 Å². The number of pyridine rings is 1. The van der Waals surface area contributed by atoms with Crippen LogP contribution in [0.5, 0.6) is 0 Å². The molecule has 1 aromatic heterocycles. The number of halogens is 2. The molecule has 2 rings (SSSR count). The van der Waals surface area contributed by atoms with Crippen molar-refractivity contribution in [1.29, 1.82) is 5.26 Å². The van der Waals surface area contributed by atoms with Gasteiger partial charge in [-0.3, -0.25) is 0 Å². The molecule has 3 nitrogen and oxygen atoms in total. The summed E-state index contributed by atoms with van der Waals surface area (Å²) < 4.78 is 13.5. The van der Waals surface area contributed by atoms with Crippen molar-refractivity contribution in [1.82, 2.24) is 4.98 Å². The summed E-state index contributed by atoms with van der Waals surface area (Å²) in [6.45, 7) is 3.61. The monoisotopic (exact) mass is 289 g/mol. The topological polar surface area (TPSA) is 48.7 Å². The molecular weight excluding hydrogens is 277 g/mol. The van der Waals surface area contributed by atoms with Crippen molar-refractivity contribution in [2.24, 2.45) is 0 Å². The molecule has 0 aliphatic carbocycles. The Kier molecular flexibility index (Phi) is 4.21. The second-order valence-electron chi connectivity index (χ2n) is 4.51. The minimum Gasteiger partial charge on any atom is -0.364 e. The average molecular weight is 290 g/mol. The Labute approximate surface area is 122 Å². The van der Waals surface area contributed by atoms with Crippen LogP contribution >= 0.6 is 11.6 Å². The van der Waals surface area contributed by atoms with Crippen LogP contribution in [-0.2, 0) is 0 Å². The summed E-state index contributed by atoms with van der Waals surface area (Å²) in [6, 6.07) is 10.2. The molecule has 2 aromatic rings. The van der Waals surface area contributed by atoms with E-state index in [1.807, 2.05) is 19.1 Å². The molecule has 0 amide bonds. The molecule has 0 saturated heterocycles. The first kappa shape index (κ1) is 14.3. The third-order valence-electron chi connectivity index (χ3n) is 3.01. The van der Waals surface area contributed by atoms with E-state index in [2.05, 4.69) is 10.3 Å². The molecule has 1 unspecified atom stereocenters. The standard InChI is InChI=1S/C15H13ClFN3/c1-9-3-4-11(7-13(9)17)10(2)19-15-6-5-12(16)14(8-18)20-15/h3-7,10H,1-2H3,(H,19,20). The maximum atomic E-state index is 13.5. The number of rotatable bonds is 3. The molecule has 0 saturated carbocycles. The van der Waals surface area contributed by atoms with Gasteiger partial charge >= 0.3 is 0 Å². The van der Waals surface area contributed by atoms with Gasteiger partial charge in [-0.25, -0.2) is 9.37 Å². The second-order valence-corrected chi connectivity index (χ2v) is 4.92. The van der Waals surface area contributed by atoms with Crippen molar-refractivity contribution in [3.8, 4) is 6.07 Å². The van der Waals surface area contributed by atoms with Crippen molar-refractivity contribution in [3.63, 3.8) is 0 Å². The van der Waals surface area contributed by atoms with E-state index in [0.29, 0.717) is 16.4 Å². The molecule has 1 N–H and O–H groups in total. The number of aromatic nitrogens is 1. The first-order valence-corrected chi connectivity index (χ1v) is 6.48. The van der Waals surface area contributed by atoms with Gasteiger partial charge in [-0.05, 0) is 43.2 Å². The zero-order valence-corrected chi connectivity index (χ0v) is 11.9. The largest absolute Gasteiger partial charge is 0.364 e. The average Bonchev–Trinajstić information content (AvgIpc) is 2.43. The van der Waals surface area contributed by atoms with Crippen LogP contribution in [0, 0.1) is 24.1 Å². The van der Waals surface area contributed by atoms with Crippen LogP contribution in [-0.4, -0.2) is 4.98 Å². The summed E-state index contributed by atoms with van der Waals surface area (Å²) >= 11 is 5.83. The van der Waals surface area contributed by atoms with Gasteiger partial charge in [0.15, 0.2) is 5.69 Å².